The van der Waals surface area contributed by atoms with Crippen LogP contribution in [0.4, 0.5) is 0 Å². The molecule has 0 N–H and O–H groups in total. The summed E-state index contributed by atoms with van der Waals surface area (Å²) in [6, 6.07) is 8.14. The molecule has 1 aliphatic rings. The zero-order chi connectivity index (χ0) is 24.7. The molecule has 0 radical (unpaired) electrons. The van der Waals surface area contributed by atoms with Gasteiger partial charge in [-0.05, 0) is 60.6 Å². The molecular formula is C27H41N3O3S. The van der Waals surface area contributed by atoms with Crippen molar-refractivity contribution >= 4 is 17.7 Å². The Labute approximate surface area is 209 Å². The average Bonchev–Trinajstić information content (AvgIpc) is 3.17. The number of rotatable bonds is 11. The maximum atomic E-state index is 12.7. The fraction of sp³-hybridized carbons (Fsp3) is 0.667. The van der Waals surface area contributed by atoms with E-state index in [1.165, 1.54) is 23.7 Å². The summed E-state index contributed by atoms with van der Waals surface area (Å²) in [5, 5.41) is 9.48. The standard InChI is InChI=1S/C27H41N3O3S/c1-7-21-9-11-22(12-10-21)32-16-25-28-29-27(30(25)15-18(2)3)34-17-26(31)33-24-14-20(6)8-13-23(24)19(4)5/h9-12,18-20,23-24H,7-8,13-17H2,1-6H3/t20-,23+,24+/m0/s1. The zero-order valence-electron chi connectivity index (χ0n) is 21.6. The minimum atomic E-state index is -0.164. The maximum absolute atomic E-state index is 12.7. The van der Waals surface area contributed by atoms with E-state index in [9.17, 15) is 4.79 Å². The lowest BCUT2D eigenvalue weighted by molar-refractivity contribution is -0.152. The number of thioether (sulfide) groups is 1. The Morgan fingerprint density at radius 3 is 2.53 bits per heavy atom. The molecule has 1 aromatic carbocycles. The summed E-state index contributed by atoms with van der Waals surface area (Å²) >= 11 is 1.40. The Kier molecular flexibility index (Phi) is 9.86. The van der Waals surface area contributed by atoms with Crippen molar-refractivity contribution in [2.75, 3.05) is 5.75 Å². The SMILES string of the molecule is CCc1ccc(OCc2nnc(SCC(=O)O[C@@H]3C[C@@H](C)CC[C@@H]3C(C)C)n2CC(C)C)cc1. The third-order valence-corrected chi connectivity index (χ3v) is 7.54. The summed E-state index contributed by atoms with van der Waals surface area (Å²) in [7, 11) is 0. The quantitative estimate of drug-likeness (QED) is 0.279. The normalized spacial score (nSPS) is 20.6. The van der Waals surface area contributed by atoms with Crippen molar-refractivity contribution in [3.8, 4) is 5.75 Å². The molecule has 3 rings (SSSR count). The van der Waals surface area contributed by atoms with Gasteiger partial charge in [-0.3, -0.25) is 4.79 Å². The van der Waals surface area contributed by atoms with Gasteiger partial charge in [0.25, 0.3) is 0 Å². The van der Waals surface area contributed by atoms with Gasteiger partial charge in [0.2, 0.25) is 0 Å². The molecule has 7 heteroatoms. The van der Waals surface area contributed by atoms with Crippen molar-refractivity contribution in [3.05, 3.63) is 35.7 Å². The minimum absolute atomic E-state index is 0.0217. The van der Waals surface area contributed by atoms with Crippen LogP contribution in [0, 0.1) is 23.7 Å². The van der Waals surface area contributed by atoms with Crippen LogP contribution in [0.1, 0.15) is 72.2 Å². The fourth-order valence-electron chi connectivity index (χ4n) is 4.63. The Bertz CT molecular complexity index is 910. The van der Waals surface area contributed by atoms with Gasteiger partial charge in [0.1, 0.15) is 18.5 Å². The number of aryl methyl sites for hydroxylation is 1. The van der Waals surface area contributed by atoms with E-state index in [2.05, 4.69) is 68.4 Å². The highest BCUT2D eigenvalue weighted by molar-refractivity contribution is 7.99. The van der Waals surface area contributed by atoms with Gasteiger partial charge in [0.15, 0.2) is 11.0 Å². The molecule has 2 aromatic rings. The molecule has 6 nitrogen and oxygen atoms in total. The molecule has 1 heterocycles. The molecule has 0 amide bonds. The van der Waals surface area contributed by atoms with Crippen molar-refractivity contribution in [2.45, 2.75) is 91.6 Å². The minimum Gasteiger partial charge on any atom is -0.486 e. The molecule has 0 aliphatic heterocycles. The number of esters is 1. The van der Waals surface area contributed by atoms with Gasteiger partial charge in [-0.15, -0.1) is 10.2 Å². The molecular weight excluding hydrogens is 446 g/mol. The van der Waals surface area contributed by atoms with Gasteiger partial charge < -0.3 is 14.0 Å². The Morgan fingerprint density at radius 2 is 1.88 bits per heavy atom. The van der Waals surface area contributed by atoms with Gasteiger partial charge in [0, 0.05) is 6.54 Å². The van der Waals surface area contributed by atoms with E-state index >= 15 is 0 Å². The number of carbonyl (C=O) groups is 1. The van der Waals surface area contributed by atoms with E-state index in [0.717, 1.165) is 42.5 Å². The topological polar surface area (TPSA) is 66.2 Å². The molecule has 1 fully saturated rings. The molecule has 1 aromatic heterocycles. The average molecular weight is 488 g/mol. The number of hydrogen-bond donors (Lipinski definition) is 0. The van der Waals surface area contributed by atoms with Crippen LogP contribution in [0.15, 0.2) is 29.4 Å². The molecule has 1 aliphatic carbocycles. The van der Waals surface area contributed by atoms with Crippen LogP contribution < -0.4 is 4.74 Å². The summed E-state index contributed by atoms with van der Waals surface area (Å²) in [6.07, 6.45) is 4.34. The molecule has 0 unspecified atom stereocenters. The number of aromatic nitrogens is 3. The van der Waals surface area contributed by atoms with E-state index in [1.54, 1.807) is 0 Å². The molecule has 1 saturated carbocycles. The molecule has 0 bridgehead atoms. The first kappa shape index (κ1) is 26.6. The highest BCUT2D eigenvalue weighted by Gasteiger charge is 2.33. The predicted octanol–water partition coefficient (Wildman–Crippen LogP) is 6.17. The Morgan fingerprint density at radius 1 is 1.15 bits per heavy atom. The fourth-order valence-corrected chi connectivity index (χ4v) is 5.38. The van der Waals surface area contributed by atoms with Crippen molar-refractivity contribution in [2.24, 2.45) is 23.7 Å². The second-order valence-corrected chi connectivity index (χ2v) is 11.3. The first-order valence-corrected chi connectivity index (χ1v) is 13.7. The van der Waals surface area contributed by atoms with E-state index in [0.29, 0.717) is 30.3 Å². The van der Waals surface area contributed by atoms with Crippen molar-refractivity contribution in [1.82, 2.24) is 14.8 Å². The number of hydrogen-bond acceptors (Lipinski definition) is 6. The second kappa shape index (κ2) is 12.6. The summed E-state index contributed by atoms with van der Waals surface area (Å²) in [5.41, 5.74) is 1.28. The van der Waals surface area contributed by atoms with Crippen molar-refractivity contribution in [1.29, 1.82) is 0 Å². The molecule has 0 spiro atoms. The largest absolute Gasteiger partial charge is 0.486 e. The van der Waals surface area contributed by atoms with Gasteiger partial charge in [-0.1, -0.05) is 71.9 Å². The Hall–Kier alpha value is -2.02. The monoisotopic (exact) mass is 487 g/mol. The highest BCUT2D eigenvalue weighted by atomic mass is 32.2. The Balaban J connectivity index is 1.60. The van der Waals surface area contributed by atoms with Gasteiger partial charge in [-0.2, -0.15) is 0 Å². The molecule has 0 saturated heterocycles. The summed E-state index contributed by atoms with van der Waals surface area (Å²) in [4.78, 5) is 12.7. The lowest BCUT2D eigenvalue weighted by atomic mass is 9.75. The highest BCUT2D eigenvalue weighted by Crippen LogP contribution is 2.35. The lowest BCUT2D eigenvalue weighted by Crippen LogP contribution is -2.36. The first-order chi connectivity index (χ1) is 16.3. The third-order valence-electron chi connectivity index (χ3n) is 6.60. The maximum Gasteiger partial charge on any atom is 0.316 e. The number of ether oxygens (including phenoxy) is 2. The van der Waals surface area contributed by atoms with E-state index in [-0.39, 0.29) is 17.8 Å². The van der Waals surface area contributed by atoms with Gasteiger partial charge >= 0.3 is 5.97 Å². The van der Waals surface area contributed by atoms with E-state index in [1.807, 2.05) is 12.1 Å². The van der Waals surface area contributed by atoms with Crippen LogP contribution in [0.5, 0.6) is 5.75 Å². The van der Waals surface area contributed by atoms with Crippen LogP contribution in [0.2, 0.25) is 0 Å². The van der Waals surface area contributed by atoms with Crippen LogP contribution >= 0.6 is 11.8 Å². The van der Waals surface area contributed by atoms with Crippen LogP contribution in [0.3, 0.4) is 0 Å². The molecule has 34 heavy (non-hydrogen) atoms. The van der Waals surface area contributed by atoms with Crippen LogP contribution in [-0.2, 0) is 29.1 Å². The summed E-state index contributed by atoms with van der Waals surface area (Å²) < 4.78 is 14.0. The van der Waals surface area contributed by atoms with E-state index in [4.69, 9.17) is 9.47 Å². The molecule has 3 atom stereocenters. The predicted molar refractivity (Wildman–Crippen MR) is 137 cm³/mol. The number of benzene rings is 1. The first-order valence-electron chi connectivity index (χ1n) is 12.7. The summed E-state index contributed by atoms with van der Waals surface area (Å²) in [5.74, 6) is 3.65. The van der Waals surface area contributed by atoms with Crippen molar-refractivity contribution in [3.63, 3.8) is 0 Å². The summed E-state index contributed by atoms with van der Waals surface area (Å²) in [6.45, 7) is 14.3. The van der Waals surface area contributed by atoms with Gasteiger partial charge in [-0.25, -0.2) is 0 Å². The molecule has 188 valence electrons. The van der Waals surface area contributed by atoms with E-state index < -0.39 is 0 Å². The number of carbonyl (C=O) groups excluding carboxylic acids is 1. The number of nitrogens with zero attached hydrogens (tertiary/aromatic N) is 3. The van der Waals surface area contributed by atoms with Crippen LogP contribution in [-0.4, -0.2) is 32.6 Å². The third kappa shape index (κ3) is 7.49. The second-order valence-electron chi connectivity index (χ2n) is 10.3. The lowest BCUT2D eigenvalue weighted by Gasteiger charge is -2.36. The van der Waals surface area contributed by atoms with Crippen LogP contribution in [0.25, 0.3) is 0 Å². The zero-order valence-corrected chi connectivity index (χ0v) is 22.4. The van der Waals surface area contributed by atoms with Gasteiger partial charge in [0.05, 0.1) is 5.75 Å². The smallest absolute Gasteiger partial charge is 0.316 e. The van der Waals surface area contributed by atoms with Crippen molar-refractivity contribution < 1.29 is 14.3 Å².